The Morgan fingerprint density at radius 3 is 2.43 bits per heavy atom. The van der Waals surface area contributed by atoms with E-state index in [9.17, 15) is 4.79 Å². The Morgan fingerprint density at radius 1 is 1.29 bits per heavy atom. The van der Waals surface area contributed by atoms with Gasteiger partial charge in [-0.15, -0.1) is 0 Å². The number of nitrogens with one attached hydrogen (secondary N) is 1. The number of aliphatic carboxylic acids is 1. The lowest BCUT2D eigenvalue weighted by atomic mass is 10.1. The number of nitrogens with two attached hydrogens (primary N) is 2. The summed E-state index contributed by atoms with van der Waals surface area (Å²) in [6.07, 6.45) is 5.05. The molecule has 0 saturated heterocycles. The maximum absolute atomic E-state index is 11.0. The molecule has 0 aromatic heterocycles. The summed E-state index contributed by atoms with van der Waals surface area (Å²) in [4.78, 5) is 11.0. The van der Waals surface area contributed by atoms with Gasteiger partial charge in [0, 0.05) is 5.56 Å². The molecule has 0 unspecified atom stereocenters. The first-order valence-corrected chi connectivity index (χ1v) is 7.04. The van der Waals surface area contributed by atoms with Crippen LogP contribution in [0.2, 0.25) is 0 Å². The van der Waals surface area contributed by atoms with Crippen LogP contribution in [0.4, 0.5) is 0 Å². The number of carboxylic acid groups (broad SMARTS) is 1. The summed E-state index contributed by atoms with van der Waals surface area (Å²) in [5.41, 5.74) is 8.34. The molecular formula is C15H21N3O3. The highest BCUT2D eigenvalue weighted by Gasteiger charge is 2.16. The fourth-order valence-electron chi connectivity index (χ4n) is 2.52. The van der Waals surface area contributed by atoms with Gasteiger partial charge in [-0.05, 0) is 43.0 Å². The van der Waals surface area contributed by atoms with Gasteiger partial charge in [0.25, 0.3) is 0 Å². The second-order valence-corrected chi connectivity index (χ2v) is 5.22. The van der Waals surface area contributed by atoms with Crippen molar-refractivity contribution >= 4 is 11.7 Å². The molecule has 0 bridgehead atoms. The molecule has 0 atom stereocenters. The maximum Gasteiger partial charge on any atom is 0.355 e. The zero-order valence-electron chi connectivity index (χ0n) is 11.8. The first-order chi connectivity index (χ1) is 10.1. The second kappa shape index (κ2) is 6.99. The molecule has 0 spiro atoms. The van der Waals surface area contributed by atoms with Crippen LogP contribution in [0.25, 0.3) is 5.70 Å². The van der Waals surface area contributed by atoms with Crippen molar-refractivity contribution in [1.29, 1.82) is 0 Å². The first-order valence-electron chi connectivity index (χ1n) is 7.04. The summed E-state index contributed by atoms with van der Waals surface area (Å²) >= 11 is 0. The van der Waals surface area contributed by atoms with Gasteiger partial charge in [-0.1, -0.05) is 12.8 Å². The van der Waals surface area contributed by atoms with Crippen molar-refractivity contribution in [2.24, 2.45) is 17.5 Å². The van der Waals surface area contributed by atoms with E-state index in [0.29, 0.717) is 11.5 Å². The van der Waals surface area contributed by atoms with E-state index < -0.39 is 5.97 Å². The van der Waals surface area contributed by atoms with Crippen molar-refractivity contribution in [2.75, 3.05) is 6.61 Å². The monoisotopic (exact) mass is 291 g/mol. The van der Waals surface area contributed by atoms with E-state index in [1.54, 1.807) is 24.3 Å². The van der Waals surface area contributed by atoms with E-state index in [4.69, 9.17) is 21.4 Å². The summed E-state index contributed by atoms with van der Waals surface area (Å²) in [7, 11) is 0. The fraction of sp³-hybridized carbons (Fsp3) is 0.400. The Labute approximate surface area is 123 Å². The van der Waals surface area contributed by atoms with E-state index in [-0.39, 0.29) is 11.4 Å². The van der Waals surface area contributed by atoms with E-state index in [1.807, 2.05) is 0 Å². The van der Waals surface area contributed by atoms with Crippen molar-refractivity contribution in [2.45, 2.75) is 25.7 Å². The van der Waals surface area contributed by atoms with Crippen LogP contribution < -0.4 is 21.7 Å². The molecule has 1 saturated carbocycles. The average Bonchev–Trinajstić information content (AvgIpc) is 2.99. The van der Waals surface area contributed by atoms with Gasteiger partial charge in [-0.3, -0.25) is 5.84 Å². The largest absolute Gasteiger partial charge is 0.493 e. The van der Waals surface area contributed by atoms with Gasteiger partial charge in [-0.25, -0.2) is 4.79 Å². The number of hydrazine groups is 1. The zero-order valence-corrected chi connectivity index (χ0v) is 11.8. The van der Waals surface area contributed by atoms with Crippen LogP contribution in [0.3, 0.4) is 0 Å². The number of carbonyl (C=O) groups is 1. The third-order valence-corrected chi connectivity index (χ3v) is 3.75. The smallest absolute Gasteiger partial charge is 0.355 e. The standard InChI is InChI=1S/C15H21N3O3/c16-13(14(18-17)15(19)20)11-5-7-12(8-6-11)21-9-10-3-1-2-4-10/h5-8,10,18H,1-4,9,16-17H2,(H,19,20)/b14-13-. The van der Waals surface area contributed by atoms with Crippen molar-refractivity contribution in [3.8, 4) is 5.75 Å². The maximum atomic E-state index is 11.0. The van der Waals surface area contributed by atoms with Gasteiger partial charge < -0.3 is 21.0 Å². The van der Waals surface area contributed by atoms with Gasteiger partial charge >= 0.3 is 5.97 Å². The summed E-state index contributed by atoms with van der Waals surface area (Å²) in [5, 5.41) is 8.96. The number of hydrogen-bond donors (Lipinski definition) is 4. The number of benzene rings is 1. The van der Waals surface area contributed by atoms with E-state index >= 15 is 0 Å². The van der Waals surface area contributed by atoms with E-state index in [0.717, 1.165) is 12.4 Å². The van der Waals surface area contributed by atoms with Crippen molar-refractivity contribution < 1.29 is 14.6 Å². The number of carboxylic acids is 1. The van der Waals surface area contributed by atoms with Crippen molar-refractivity contribution in [1.82, 2.24) is 5.43 Å². The van der Waals surface area contributed by atoms with Crippen LogP contribution in [-0.4, -0.2) is 17.7 Å². The Morgan fingerprint density at radius 2 is 1.90 bits per heavy atom. The third kappa shape index (κ3) is 3.88. The molecular weight excluding hydrogens is 270 g/mol. The summed E-state index contributed by atoms with van der Waals surface area (Å²) in [6, 6.07) is 7.01. The van der Waals surface area contributed by atoms with Crippen LogP contribution in [0.1, 0.15) is 31.2 Å². The van der Waals surface area contributed by atoms with Gasteiger partial charge in [0.05, 0.1) is 12.3 Å². The number of ether oxygens (including phenoxy) is 1. The lowest BCUT2D eigenvalue weighted by molar-refractivity contribution is -0.133. The summed E-state index contributed by atoms with van der Waals surface area (Å²) < 4.78 is 5.75. The fourth-order valence-corrected chi connectivity index (χ4v) is 2.52. The predicted molar refractivity (Wildman–Crippen MR) is 80.0 cm³/mol. The van der Waals surface area contributed by atoms with E-state index in [1.165, 1.54) is 25.7 Å². The van der Waals surface area contributed by atoms with Crippen LogP contribution in [0.5, 0.6) is 5.75 Å². The Balaban J connectivity index is 2.02. The highest BCUT2D eigenvalue weighted by atomic mass is 16.5. The van der Waals surface area contributed by atoms with Crippen LogP contribution in [0, 0.1) is 5.92 Å². The molecule has 1 aromatic rings. The van der Waals surface area contributed by atoms with Crippen LogP contribution in [0.15, 0.2) is 30.0 Å². The average molecular weight is 291 g/mol. The number of rotatable bonds is 6. The molecule has 1 aliphatic carbocycles. The van der Waals surface area contributed by atoms with Crippen molar-refractivity contribution in [3.63, 3.8) is 0 Å². The predicted octanol–water partition coefficient (Wildman–Crippen LogP) is 1.43. The lowest BCUT2D eigenvalue weighted by Crippen LogP contribution is -2.29. The van der Waals surface area contributed by atoms with Crippen molar-refractivity contribution in [3.05, 3.63) is 35.5 Å². The Kier molecular flexibility index (Phi) is 5.05. The summed E-state index contributed by atoms with van der Waals surface area (Å²) in [5.74, 6) is 5.38. The molecule has 2 rings (SSSR count). The SMILES string of the molecule is NN/C(C(=O)O)=C(\N)c1ccc(OCC2CCCC2)cc1. The minimum atomic E-state index is -1.20. The molecule has 1 aromatic carbocycles. The highest BCUT2D eigenvalue weighted by molar-refractivity contribution is 5.94. The second-order valence-electron chi connectivity index (χ2n) is 5.22. The first kappa shape index (κ1) is 15.2. The van der Waals surface area contributed by atoms with Gasteiger partial charge in [0.2, 0.25) is 0 Å². The minimum absolute atomic E-state index is 0.0901. The topological polar surface area (TPSA) is 111 Å². The molecule has 6 heteroatoms. The molecule has 0 radical (unpaired) electrons. The third-order valence-electron chi connectivity index (χ3n) is 3.75. The molecule has 114 valence electrons. The molecule has 0 amide bonds. The quantitative estimate of drug-likeness (QED) is 0.358. The molecule has 6 N–H and O–H groups in total. The van der Waals surface area contributed by atoms with Crippen LogP contribution in [-0.2, 0) is 4.79 Å². The molecule has 1 fully saturated rings. The molecule has 6 nitrogen and oxygen atoms in total. The Hall–Kier alpha value is -2.21. The van der Waals surface area contributed by atoms with Gasteiger partial charge in [0.15, 0.2) is 5.70 Å². The zero-order chi connectivity index (χ0) is 15.2. The molecule has 0 aliphatic heterocycles. The highest BCUT2D eigenvalue weighted by Crippen LogP contribution is 2.26. The van der Waals surface area contributed by atoms with Gasteiger partial charge in [0.1, 0.15) is 5.75 Å². The molecule has 0 heterocycles. The number of hydrogen-bond acceptors (Lipinski definition) is 5. The Bertz CT molecular complexity index is 519. The minimum Gasteiger partial charge on any atom is -0.493 e. The summed E-state index contributed by atoms with van der Waals surface area (Å²) in [6.45, 7) is 0.732. The molecule has 1 aliphatic rings. The lowest BCUT2D eigenvalue weighted by Gasteiger charge is -2.12. The molecule has 21 heavy (non-hydrogen) atoms. The van der Waals surface area contributed by atoms with Crippen LogP contribution >= 0.6 is 0 Å². The van der Waals surface area contributed by atoms with E-state index in [2.05, 4.69) is 5.43 Å². The van der Waals surface area contributed by atoms with Gasteiger partial charge in [-0.2, -0.15) is 0 Å². The normalized spacial score (nSPS) is 16.4.